The zero-order valence-electron chi connectivity index (χ0n) is 14.4. The van der Waals surface area contributed by atoms with E-state index in [4.69, 9.17) is 0 Å². The number of pyridine rings is 1. The molecule has 0 radical (unpaired) electrons. The molecule has 2 aromatic rings. The molecule has 5 heteroatoms. The second kappa shape index (κ2) is 8.30. The summed E-state index contributed by atoms with van der Waals surface area (Å²) >= 11 is 1.59. The highest BCUT2D eigenvalue weighted by atomic mass is 32.2. The summed E-state index contributed by atoms with van der Waals surface area (Å²) in [6, 6.07) is 11.5. The molecule has 0 N–H and O–H groups in total. The maximum Gasteiger partial charge on any atom is 0.227 e. The molecule has 1 atom stereocenters. The molecule has 2 heterocycles. The van der Waals surface area contributed by atoms with Crippen LogP contribution in [0.4, 0.5) is 0 Å². The molecule has 1 aliphatic rings. The Kier molecular flexibility index (Phi) is 5.87. The second-order valence-electron chi connectivity index (χ2n) is 6.28. The first-order valence-electron chi connectivity index (χ1n) is 8.53. The Morgan fingerprint density at radius 1 is 1.24 bits per heavy atom. The number of piperidine rings is 1. The fraction of sp³-hybridized carbons (Fsp3) is 0.350. The van der Waals surface area contributed by atoms with Crippen molar-refractivity contribution in [2.45, 2.75) is 24.2 Å². The van der Waals surface area contributed by atoms with Gasteiger partial charge in [0.2, 0.25) is 5.91 Å². The van der Waals surface area contributed by atoms with Crippen molar-refractivity contribution in [2.75, 3.05) is 19.3 Å². The van der Waals surface area contributed by atoms with Gasteiger partial charge in [-0.2, -0.15) is 0 Å². The molecule has 1 amide bonds. The molecule has 0 saturated carbocycles. The molecule has 1 fully saturated rings. The summed E-state index contributed by atoms with van der Waals surface area (Å²) in [6.45, 7) is 1.24. The molecule has 1 saturated heterocycles. The number of hydrogen-bond donors (Lipinski definition) is 0. The Hall–Kier alpha value is -2.14. The minimum atomic E-state index is -0.111. The first-order valence-corrected chi connectivity index (χ1v) is 9.75. The zero-order valence-corrected chi connectivity index (χ0v) is 15.2. The number of nitrogens with zero attached hydrogens (tertiary/aromatic N) is 2. The maximum absolute atomic E-state index is 12.9. The third-order valence-electron chi connectivity index (χ3n) is 4.60. The number of Topliss-reactive ketones (excluding diaryl/α,β-unsaturated/α-hetero) is 1. The topological polar surface area (TPSA) is 50.3 Å². The maximum atomic E-state index is 12.9. The first-order chi connectivity index (χ1) is 12.2. The van der Waals surface area contributed by atoms with Gasteiger partial charge in [0.25, 0.3) is 0 Å². The predicted octanol–water partition coefficient (Wildman–Crippen LogP) is 3.47. The quantitative estimate of drug-likeness (QED) is 0.609. The van der Waals surface area contributed by atoms with Gasteiger partial charge in [-0.05, 0) is 36.8 Å². The van der Waals surface area contributed by atoms with Gasteiger partial charge in [-0.3, -0.25) is 14.6 Å². The number of thioether (sulfide) groups is 1. The van der Waals surface area contributed by atoms with E-state index in [1.807, 2.05) is 47.6 Å². The SMILES string of the molecule is CSc1ccccc1C(=O)C1CCCN(C(=O)Cc2cccnc2)C1. The van der Waals surface area contributed by atoms with Gasteiger partial charge < -0.3 is 4.90 Å². The predicted molar refractivity (Wildman–Crippen MR) is 99.8 cm³/mol. The number of carbonyl (C=O) groups is 2. The molecule has 0 aliphatic carbocycles. The highest BCUT2D eigenvalue weighted by Crippen LogP contribution is 2.27. The highest BCUT2D eigenvalue weighted by Gasteiger charge is 2.29. The highest BCUT2D eigenvalue weighted by molar-refractivity contribution is 7.98. The lowest BCUT2D eigenvalue weighted by atomic mass is 9.89. The first kappa shape index (κ1) is 17.7. The summed E-state index contributed by atoms with van der Waals surface area (Å²) in [5.41, 5.74) is 1.69. The Morgan fingerprint density at radius 3 is 2.84 bits per heavy atom. The fourth-order valence-corrected chi connectivity index (χ4v) is 3.88. The number of amides is 1. The molecule has 130 valence electrons. The van der Waals surface area contributed by atoms with Gasteiger partial charge in [-0.1, -0.05) is 24.3 Å². The number of ketones is 1. The van der Waals surface area contributed by atoms with Gasteiger partial charge in [0, 0.05) is 41.9 Å². The van der Waals surface area contributed by atoms with Crippen LogP contribution in [0.5, 0.6) is 0 Å². The molecule has 3 rings (SSSR count). The molecule has 1 aromatic carbocycles. The van der Waals surface area contributed by atoms with Crippen LogP contribution in [0.25, 0.3) is 0 Å². The minimum Gasteiger partial charge on any atom is -0.342 e. The normalized spacial score (nSPS) is 17.3. The van der Waals surface area contributed by atoms with Gasteiger partial charge in [0.15, 0.2) is 5.78 Å². The van der Waals surface area contributed by atoms with E-state index in [2.05, 4.69) is 4.98 Å². The third-order valence-corrected chi connectivity index (χ3v) is 5.39. The molecule has 0 spiro atoms. The van der Waals surface area contributed by atoms with E-state index in [0.717, 1.165) is 35.4 Å². The lowest BCUT2D eigenvalue weighted by Gasteiger charge is -2.32. The number of carbonyl (C=O) groups excluding carboxylic acids is 2. The number of likely N-dealkylation sites (tertiary alicyclic amines) is 1. The summed E-state index contributed by atoms with van der Waals surface area (Å²) in [6.07, 6.45) is 7.47. The van der Waals surface area contributed by atoms with Crippen molar-refractivity contribution in [1.29, 1.82) is 0 Å². The summed E-state index contributed by atoms with van der Waals surface area (Å²) in [5.74, 6) is 0.118. The van der Waals surface area contributed by atoms with Crippen molar-refractivity contribution >= 4 is 23.5 Å². The van der Waals surface area contributed by atoms with Crippen LogP contribution in [-0.4, -0.2) is 40.9 Å². The lowest BCUT2D eigenvalue weighted by molar-refractivity contribution is -0.131. The Bertz CT molecular complexity index is 748. The van der Waals surface area contributed by atoms with Crippen molar-refractivity contribution in [3.63, 3.8) is 0 Å². The summed E-state index contributed by atoms with van der Waals surface area (Å²) < 4.78 is 0. The van der Waals surface area contributed by atoms with Gasteiger partial charge >= 0.3 is 0 Å². The van der Waals surface area contributed by atoms with Gasteiger partial charge in [0.05, 0.1) is 6.42 Å². The van der Waals surface area contributed by atoms with Crippen LogP contribution in [0.1, 0.15) is 28.8 Å². The Labute approximate surface area is 152 Å². The van der Waals surface area contributed by atoms with Crippen LogP contribution in [-0.2, 0) is 11.2 Å². The second-order valence-corrected chi connectivity index (χ2v) is 7.13. The van der Waals surface area contributed by atoms with Crippen LogP contribution in [0, 0.1) is 5.92 Å². The van der Waals surface area contributed by atoms with E-state index < -0.39 is 0 Å². The third kappa shape index (κ3) is 4.28. The van der Waals surface area contributed by atoms with E-state index in [1.54, 1.807) is 24.2 Å². The van der Waals surface area contributed by atoms with Crippen molar-refractivity contribution in [1.82, 2.24) is 9.88 Å². The molecule has 1 aromatic heterocycles. The molecular formula is C20H22N2O2S. The Balaban J connectivity index is 1.68. The number of benzene rings is 1. The van der Waals surface area contributed by atoms with Crippen molar-refractivity contribution in [3.8, 4) is 0 Å². The van der Waals surface area contributed by atoms with E-state index >= 15 is 0 Å². The van der Waals surface area contributed by atoms with Crippen molar-refractivity contribution < 1.29 is 9.59 Å². The average Bonchev–Trinajstić information content (AvgIpc) is 2.68. The van der Waals surface area contributed by atoms with Crippen LogP contribution in [0.3, 0.4) is 0 Å². The number of hydrogen-bond acceptors (Lipinski definition) is 4. The van der Waals surface area contributed by atoms with Gasteiger partial charge in [-0.25, -0.2) is 0 Å². The number of rotatable bonds is 5. The molecular weight excluding hydrogens is 332 g/mol. The average molecular weight is 354 g/mol. The monoisotopic (exact) mass is 354 g/mol. The Morgan fingerprint density at radius 2 is 2.08 bits per heavy atom. The van der Waals surface area contributed by atoms with Gasteiger partial charge in [0.1, 0.15) is 0 Å². The van der Waals surface area contributed by atoms with Crippen molar-refractivity contribution in [2.24, 2.45) is 5.92 Å². The van der Waals surface area contributed by atoms with Crippen LogP contribution in [0.2, 0.25) is 0 Å². The van der Waals surface area contributed by atoms with E-state index in [9.17, 15) is 9.59 Å². The molecule has 0 bridgehead atoms. The van der Waals surface area contributed by atoms with E-state index in [0.29, 0.717) is 13.0 Å². The minimum absolute atomic E-state index is 0.0728. The van der Waals surface area contributed by atoms with E-state index in [-0.39, 0.29) is 17.6 Å². The summed E-state index contributed by atoms with van der Waals surface area (Å²) in [5, 5.41) is 0. The molecule has 25 heavy (non-hydrogen) atoms. The zero-order chi connectivity index (χ0) is 17.6. The molecule has 1 unspecified atom stereocenters. The van der Waals surface area contributed by atoms with Crippen LogP contribution >= 0.6 is 11.8 Å². The molecule has 4 nitrogen and oxygen atoms in total. The molecule has 1 aliphatic heterocycles. The standard InChI is InChI=1S/C20H22N2O2S/c1-25-18-9-3-2-8-17(18)20(24)16-7-5-11-22(14-16)19(23)12-15-6-4-10-21-13-15/h2-4,6,8-10,13,16H,5,7,11-12,14H2,1H3. The van der Waals surface area contributed by atoms with Gasteiger partial charge in [-0.15, -0.1) is 11.8 Å². The fourth-order valence-electron chi connectivity index (χ4n) is 3.27. The lowest BCUT2D eigenvalue weighted by Crippen LogP contribution is -2.43. The largest absolute Gasteiger partial charge is 0.342 e. The van der Waals surface area contributed by atoms with E-state index in [1.165, 1.54) is 0 Å². The van der Waals surface area contributed by atoms with Crippen LogP contribution < -0.4 is 0 Å². The summed E-state index contributed by atoms with van der Waals surface area (Å²) in [4.78, 5) is 32.4. The van der Waals surface area contributed by atoms with Crippen LogP contribution in [0.15, 0.2) is 53.7 Å². The summed E-state index contributed by atoms with van der Waals surface area (Å²) in [7, 11) is 0. The van der Waals surface area contributed by atoms with Crippen molar-refractivity contribution in [3.05, 3.63) is 59.9 Å². The number of aromatic nitrogens is 1. The smallest absolute Gasteiger partial charge is 0.227 e.